The van der Waals surface area contributed by atoms with Crippen LogP contribution in [-0.2, 0) is 6.54 Å². The number of nitrogens with zero attached hydrogens (tertiary/aromatic N) is 2. The maximum Gasteiger partial charge on any atom is 0.101 e. The molecular weight excluding hydrogens is 359 g/mol. The summed E-state index contributed by atoms with van der Waals surface area (Å²) >= 11 is 8.22. The van der Waals surface area contributed by atoms with Gasteiger partial charge in [-0.25, -0.2) is 0 Å². The first-order chi connectivity index (χ1) is 8.74. The van der Waals surface area contributed by atoms with Crippen LogP contribution in [0.3, 0.4) is 0 Å². The van der Waals surface area contributed by atoms with E-state index in [1.165, 1.54) is 9.13 Å². The predicted octanol–water partition coefficient (Wildman–Crippen LogP) is 4.34. The molecule has 0 bridgehead atoms. The van der Waals surface area contributed by atoms with Gasteiger partial charge in [-0.3, -0.25) is 4.98 Å². The van der Waals surface area contributed by atoms with E-state index in [1.54, 1.807) is 0 Å². The van der Waals surface area contributed by atoms with E-state index >= 15 is 0 Å². The van der Waals surface area contributed by atoms with Crippen molar-refractivity contribution in [2.24, 2.45) is 0 Å². The summed E-state index contributed by atoms with van der Waals surface area (Å²) in [4.78, 5) is 4.41. The molecular formula is C14H10ClIN2. The Morgan fingerprint density at radius 2 is 1.94 bits per heavy atom. The van der Waals surface area contributed by atoms with Gasteiger partial charge in [0.2, 0.25) is 0 Å². The molecule has 3 rings (SSSR count). The summed E-state index contributed by atoms with van der Waals surface area (Å²) in [6.45, 7) is 0.836. The number of aromatic nitrogens is 2. The van der Waals surface area contributed by atoms with E-state index in [1.807, 2.05) is 24.4 Å². The van der Waals surface area contributed by atoms with E-state index in [0.717, 1.165) is 22.6 Å². The number of halogens is 2. The van der Waals surface area contributed by atoms with Crippen LogP contribution in [0.4, 0.5) is 0 Å². The molecule has 2 nitrogen and oxygen atoms in total. The summed E-state index contributed by atoms with van der Waals surface area (Å²) in [7, 11) is 0. The molecule has 1 aromatic carbocycles. The second-order valence-electron chi connectivity index (χ2n) is 4.10. The molecule has 0 saturated carbocycles. The lowest BCUT2D eigenvalue weighted by molar-refractivity contribution is 0.835. The lowest BCUT2D eigenvalue weighted by atomic mass is 10.2. The zero-order valence-electron chi connectivity index (χ0n) is 9.48. The Morgan fingerprint density at radius 3 is 2.72 bits per heavy atom. The van der Waals surface area contributed by atoms with Crippen LogP contribution < -0.4 is 0 Å². The van der Waals surface area contributed by atoms with Crippen molar-refractivity contribution in [3.05, 3.63) is 62.9 Å². The first-order valence-electron chi connectivity index (χ1n) is 5.58. The molecule has 0 N–H and O–H groups in total. The predicted molar refractivity (Wildman–Crippen MR) is 83.0 cm³/mol. The largest absolute Gasteiger partial charge is 0.341 e. The average molecular weight is 369 g/mol. The van der Waals surface area contributed by atoms with Gasteiger partial charge in [0.15, 0.2) is 0 Å². The molecule has 4 heteroatoms. The van der Waals surface area contributed by atoms with E-state index in [-0.39, 0.29) is 0 Å². The molecule has 90 valence electrons. The number of pyridine rings is 1. The van der Waals surface area contributed by atoms with Crippen LogP contribution in [0.5, 0.6) is 0 Å². The second kappa shape index (κ2) is 4.90. The molecule has 0 amide bonds. The maximum atomic E-state index is 5.90. The first-order valence-corrected chi connectivity index (χ1v) is 7.03. The number of benzene rings is 1. The van der Waals surface area contributed by atoms with Crippen molar-refractivity contribution in [1.82, 2.24) is 9.55 Å². The van der Waals surface area contributed by atoms with Crippen molar-refractivity contribution in [2.45, 2.75) is 6.54 Å². The lowest BCUT2D eigenvalue weighted by Crippen LogP contribution is -1.97. The average Bonchev–Trinajstić information content (AvgIpc) is 2.70. The van der Waals surface area contributed by atoms with Crippen LogP contribution in [0, 0.1) is 3.57 Å². The molecule has 2 heterocycles. The fourth-order valence-electron chi connectivity index (χ4n) is 2.00. The van der Waals surface area contributed by atoms with Gasteiger partial charge < -0.3 is 4.57 Å². The Kier molecular flexibility index (Phi) is 3.26. The molecule has 2 aromatic heterocycles. The minimum Gasteiger partial charge on any atom is -0.341 e. The zero-order chi connectivity index (χ0) is 12.5. The number of hydrogen-bond acceptors (Lipinski definition) is 1. The number of fused-ring (bicyclic) bond motifs is 1. The highest BCUT2D eigenvalue weighted by molar-refractivity contribution is 14.1. The van der Waals surface area contributed by atoms with Crippen LogP contribution in [0.25, 0.3) is 11.0 Å². The van der Waals surface area contributed by atoms with Gasteiger partial charge in [0, 0.05) is 24.0 Å². The van der Waals surface area contributed by atoms with Crippen LogP contribution in [0.2, 0.25) is 5.02 Å². The Labute approximate surface area is 124 Å². The molecule has 0 aliphatic heterocycles. The topological polar surface area (TPSA) is 17.8 Å². The molecule has 0 unspecified atom stereocenters. The van der Waals surface area contributed by atoms with Gasteiger partial charge in [-0.05, 0) is 52.4 Å². The Morgan fingerprint density at radius 1 is 1.17 bits per heavy atom. The summed E-state index contributed by atoms with van der Waals surface area (Å²) in [6.07, 6.45) is 3.96. The molecule has 0 aliphatic carbocycles. The van der Waals surface area contributed by atoms with E-state index in [0.29, 0.717) is 0 Å². The van der Waals surface area contributed by atoms with Crippen molar-refractivity contribution < 1.29 is 0 Å². The van der Waals surface area contributed by atoms with Crippen LogP contribution in [0.1, 0.15) is 5.56 Å². The fraction of sp³-hybridized carbons (Fsp3) is 0.0714. The third kappa shape index (κ3) is 2.24. The molecule has 0 spiro atoms. The highest BCUT2D eigenvalue weighted by Crippen LogP contribution is 2.22. The summed E-state index contributed by atoms with van der Waals surface area (Å²) in [5.74, 6) is 0. The molecule has 0 saturated heterocycles. The van der Waals surface area contributed by atoms with E-state index in [9.17, 15) is 0 Å². The van der Waals surface area contributed by atoms with Gasteiger partial charge >= 0.3 is 0 Å². The highest BCUT2D eigenvalue weighted by atomic mass is 127. The van der Waals surface area contributed by atoms with Gasteiger partial charge in [-0.15, -0.1) is 0 Å². The Balaban J connectivity index is 2.02. The third-order valence-electron chi connectivity index (χ3n) is 2.86. The van der Waals surface area contributed by atoms with E-state index in [2.05, 4.69) is 56.5 Å². The molecule has 0 atom stereocenters. The quantitative estimate of drug-likeness (QED) is 0.615. The maximum absolute atomic E-state index is 5.90. The van der Waals surface area contributed by atoms with Crippen LogP contribution in [-0.4, -0.2) is 9.55 Å². The number of hydrogen-bond donors (Lipinski definition) is 0. The van der Waals surface area contributed by atoms with Crippen molar-refractivity contribution in [1.29, 1.82) is 0 Å². The fourth-order valence-corrected chi connectivity index (χ4v) is 2.88. The minimum absolute atomic E-state index is 0.771. The molecule has 0 radical (unpaired) electrons. The Bertz CT molecular complexity index is 689. The van der Waals surface area contributed by atoms with Gasteiger partial charge in [0.05, 0.1) is 9.09 Å². The van der Waals surface area contributed by atoms with Crippen LogP contribution in [0.15, 0.2) is 48.8 Å². The summed E-state index contributed by atoms with van der Waals surface area (Å²) in [5, 5.41) is 0.771. The monoisotopic (exact) mass is 368 g/mol. The van der Waals surface area contributed by atoms with Crippen molar-refractivity contribution >= 4 is 45.2 Å². The van der Waals surface area contributed by atoms with Gasteiger partial charge in [0.25, 0.3) is 0 Å². The van der Waals surface area contributed by atoms with Crippen molar-refractivity contribution in [3.8, 4) is 0 Å². The van der Waals surface area contributed by atoms with Crippen LogP contribution >= 0.6 is 34.2 Å². The standard InChI is InChI=1S/C14H10ClIN2/c15-11-5-3-10(4-6-11)8-18-9-12(16)14-13(18)2-1-7-17-14/h1-7,9H,8H2. The summed E-state index contributed by atoms with van der Waals surface area (Å²) in [6, 6.07) is 12.0. The van der Waals surface area contributed by atoms with Crippen molar-refractivity contribution in [3.63, 3.8) is 0 Å². The smallest absolute Gasteiger partial charge is 0.101 e. The zero-order valence-corrected chi connectivity index (χ0v) is 12.4. The van der Waals surface area contributed by atoms with Gasteiger partial charge in [-0.1, -0.05) is 23.7 Å². The SMILES string of the molecule is Clc1ccc(Cn2cc(I)c3ncccc32)cc1. The molecule has 18 heavy (non-hydrogen) atoms. The molecule has 3 aromatic rings. The number of rotatable bonds is 2. The van der Waals surface area contributed by atoms with E-state index in [4.69, 9.17) is 11.6 Å². The minimum atomic E-state index is 0.771. The van der Waals surface area contributed by atoms with Gasteiger partial charge in [-0.2, -0.15) is 0 Å². The summed E-state index contributed by atoms with van der Waals surface area (Å²) in [5.41, 5.74) is 3.46. The third-order valence-corrected chi connectivity index (χ3v) is 3.90. The van der Waals surface area contributed by atoms with Crippen molar-refractivity contribution in [2.75, 3.05) is 0 Å². The van der Waals surface area contributed by atoms with Gasteiger partial charge in [0.1, 0.15) is 5.52 Å². The first kappa shape index (κ1) is 12.0. The molecule has 0 fully saturated rings. The Hall–Kier alpha value is -1.07. The van der Waals surface area contributed by atoms with E-state index < -0.39 is 0 Å². The highest BCUT2D eigenvalue weighted by Gasteiger charge is 2.07. The second-order valence-corrected chi connectivity index (χ2v) is 5.70. The summed E-state index contributed by atoms with van der Waals surface area (Å²) < 4.78 is 3.39. The molecule has 0 aliphatic rings. The normalized spacial score (nSPS) is 11.0. The lowest BCUT2D eigenvalue weighted by Gasteiger charge is -2.05.